The van der Waals surface area contributed by atoms with E-state index in [2.05, 4.69) is 60.3 Å². The molecule has 0 saturated heterocycles. The molecule has 22 heavy (non-hydrogen) atoms. The lowest BCUT2D eigenvalue weighted by Gasteiger charge is -2.46. The van der Waals surface area contributed by atoms with E-state index in [9.17, 15) is 0 Å². The molecule has 1 unspecified atom stereocenters. The van der Waals surface area contributed by atoms with Crippen LogP contribution >= 0.6 is 0 Å². The average Bonchev–Trinajstić information content (AvgIpc) is 2.79. The molecule has 1 atom stereocenters. The molecule has 1 aromatic carbocycles. The smallest absolute Gasteiger partial charge is 0.0678 e. The number of anilines is 1. The third-order valence-electron chi connectivity index (χ3n) is 5.71. The Labute approximate surface area is 133 Å². The van der Waals surface area contributed by atoms with Gasteiger partial charge in [-0.05, 0) is 49.9 Å². The first kappa shape index (κ1) is 13.8. The van der Waals surface area contributed by atoms with Gasteiger partial charge in [0.25, 0.3) is 0 Å². The predicted octanol–water partition coefficient (Wildman–Crippen LogP) is 5.13. The van der Waals surface area contributed by atoms with Gasteiger partial charge in [0.2, 0.25) is 0 Å². The summed E-state index contributed by atoms with van der Waals surface area (Å²) in [5.41, 5.74) is 5.88. The summed E-state index contributed by atoms with van der Waals surface area (Å²) in [6, 6.07) is 11.5. The highest BCUT2D eigenvalue weighted by Crippen LogP contribution is 2.55. The molecule has 1 aliphatic heterocycles. The molecule has 2 aliphatic rings. The number of pyridine rings is 1. The monoisotopic (exact) mass is 292 g/mol. The highest BCUT2D eigenvalue weighted by Gasteiger charge is 2.49. The maximum absolute atomic E-state index is 4.46. The molecule has 0 amide bonds. The van der Waals surface area contributed by atoms with Crippen LogP contribution in [-0.4, -0.2) is 4.98 Å². The van der Waals surface area contributed by atoms with Crippen molar-refractivity contribution in [3.05, 3.63) is 59.4 Å². The van der Waals surface area contributed by atoms with Gasteiger partial charge >= 0.3 is 0 Å². The van der Waals surface area contributed by atoms with Crippen LogP contribution in [0.1, 0.15) is 61.8 Å². The Bertz CT molecular complexity index is 686. The third kappa shape index (κ3) is 1.83. The van der Waals surface area contributed by atoms with Gasteiger partial charge in [0, 0.05) is 23.6 Å². The molecule has 1 aromatic heterocycles. The fourth-order valence-electron chi connectivity index (χ4n) is 4.72. The Morgan fingerprint density at radius 3 is 2.64 bits per heavy atom. The van der Waals surface area contributed by atoms with E-state index >= 15 is 0 Å². The lowest BCUT2D eigenvalue weighted by molar-refractivity contribution is 0.283. The number of benzene rings is 1. The van der Waals surface area contributed by atoms with Gasteiger partial charge in [-0.3, -0.25) is 4.98 Å². The molecule has 2 nitrogen and oxygen atoms in total. The van der Waals surface area contributed by atoms with Crippen molar-refractivity contribution >= 4 is 5.69 Å². The zero-order valence-corrected chi connectivity index (χ0v) is 13.5. The minimum Gasteiger partial charge on any atom is -0.355 e. The first-order chi connectivity index (χ1) is 10.7. The van der Waals surface area contributed by atoms with E-state index in [4.69, 9.17) is 0 Å². The van der Waals surface area contributed by atoms with Gasteiger partial charge in [-0.2, -0.15) is 0 Å². The van der Waals surface area contributed by atoms with Crippen molar-refractivity contribution in [2.75, 3.05) is 4.90 Å². The number of hydrogen-bond donors (Lipinski definition) is 0. The summed E-state index contributed by atoms with van der Waals surface area (Å²) in [6.07, 6.45) is 10.6. The molecule has 1 fully saturated rings. The average molecular weight is 292 g/mol. The predicted molar refractivity (Wildman–Crippen MR) is 91.1 cm³/mol. The van der Waals surface area contributed by atoms with Crippen LogP contribution in [0, 0.1) is 6.92 Å². The Balaban J connectivity index is 1.92. The minimum atomic E-state index is 0.160. The first-order valence-corrected chi connectivity index (χ1v) is 8.53. The topological polar surface area (TPSA) is 16.1 Å². The van der Waals surface area contributed by atoms with Crippen LogP contribution in [0.2, 0.25) is 0 Å². The van der Waals surface area contributed by atoms with E-state index in [1.54, 1.807) is 0 Å². The van der Waals surface area contributed by atoms with Gasteiger partial charge in [-0.15, -0.1) is 0 Å². The molecule has 0 N–H and O–H groups in total. The van der Waals surface area contributed by atoms with E-state index < -0.39 is 0 Å². The summed E-state index contributed by atoms with van der Waals surface area (Å²) in [5, 5.41) is 0. The third-order valence-corrected chi connectivity index (χ3v) is 5.71. The molecule has 1 saturated carbocycles. The van der Waals surface area contributed by atoms with Crippen molar-refractivity contribution < 1.29 is 0 Å². The maximum atomic E-state index is 4.46. The second-order valence-corrected chi connectivity index (χ2v) is 6.89. The van der Waals surface area contributed by atoms with Crippen LogP contribution in [0.3, 0.4) is 0 Å². The number of fused-ring (bicyclic) bond motifs is 2. The van der Waals surface area contributed by atoms with E-state index in [1.807, 2.05) is 6.20 Å². The van der Waals surface area contributed by atoms with Crippen LogP contribution < -0.4 is 4.90 Å². The number of aromatic nitrogens is 1. The normalized spacial score (nSPS) is 22.8. The zero-order valence-electron chi connectivity index (χ0n) is 13.5. The molecule has 0 radical (unpaired) electrons. The molecule has 1 spiro atoms. The summed E-state index contributed by atoms with van der Waals surface area (Å²) in [4.78, 5) is 7.17. The van der Waals surface area contributed by atoms with Gasteiger partial charge < -0.3 is 4.90 Å². The van der Waals surface area contributed by atoms with Crippen molar-refractivity contribution in [1.29, 1.82) is 0 Å². The Morgan fingerprint density at radius 1 is 1.09 bits per heavy atom. The number of hydrogen-bond acceptors (Lipinski definition) is 2. The molecule has 2 heterocycles. The van der Waals surface area contributed by atoms with Crippen molar-refractivity contribution in [2.24, 2.45) is 0 Å². The van der Waals surface area contributed by atoms with Crippen molar-refractivity contribution in [2.45, 2.75) is 57.5 Å². The minimum absolute atomic E-state index is 0.160. The fraction of sp³-hybridized carbons (Fsp3) is 0.450. The number of para-hydroxylation sites is 1. The molecule has 1 aliphatic carbocycles. The molecule has 2 aromatic rings. The lowest BCUT2D eigenvalue weighted by atomic mass is 9.77. The van der Waals surface area contributed by atoms with Gasteiger partial charge in [-0.25, -0.2) is 0 Å². The molecule has 114 valence electrons. The van der Waals surface area contributed by atoms with Gasteiger partial charge in [0.15, 0.2) is 0 Å². The van der Waals surface area contributed by atoms with Crippen molar-refractivity contribution in [1.82, 2.24) is 4.98 Å². The quantitative estimate of drug-likeness (QED) is 0.724. The Kier molecular flexibility index (Phi) is 3.21. The first-order valence-electron chi connectivity index (χ1n) is 8.53. The van der Waals surface area contributed by atoms with Crippen molar-refractivity contribution in [3.8, 4) is 0 Å². The SMILES string of the molecule is Cc1ccccc1N1C(C)c2ccncc2C12CCCCC2. The van der Waals surface area contributed by atoms with Crippen LogP contribution in [0.4, 0.5) is 5.69 Å². The largest absolute Gasteiger partial charge is 0.355 e. The second kappa shape index (κ2) is 5.12. The number of nitrogens with zero attached hydrogens (tertiary/aromatic N) is 2. The van der Waals surface area contributed by atoms with Gasteiger partial charge in [0.1, 0.15) is 0 Å². The molecule has 0 bridgehead atoms. The van der Waals surface area contributed by atoms with Gasteiger partial charge in [0.05, 0.1) is 11.6 Å². The van der Waals surface area contributed by atoms with Crippen LogP contribution in [0.25, 0.3) is 0 Å². The van der Waals surface area contributed by atoms with E-state index in [1.165, 1.54) is 54.5 Å². The lowest BCUT2D eigenvalue weighted by Crippen LogP contribution is -2.44. The Hall–Kier alpha value is -1.83. The summed E-state index contributed by atoms with van der Waals surface area (Å²) in [6.45, 7) is 4.59. The van der Waals surface area contributed by atoms with E-state index in [0.717, 1.165) is 0 Å². The van der Waals surface area contributed by atoms with Crippen LogP contribution in [0.15, 0.2) is 42.7 Å². The van der Waals surface area contributed by atoms with E-state index in [0.29, 0.717) is 6.04 Å². The maximum Gasteiger partial charge on any atom is 0.0678 e. The molecule has 2 heteroatoms. The molecular formula is C20H24N2. The molecular weight excluding hydrogens is 268 g/mol. The fourth-order valence-corrected chi connectivity index (χ4v) is 4.72. The Morgan fingerprint density at radius 2 is 1.86 bits per heavy atom. The number of rotatable bonds is 1. The second-order valence-electron chi connectivity index (χ2n) is 6.89. The van der Waals surface area contributed by atoms with Crippen molar-refractivity contribution in [3.63, 3.8) is 0 Å². The van der Waals surface area contributed by atoms with Gasteiger partial charge in [-0.1, -0.05) is 37.5 Å². The summed E-state index contributed by atoms with van der Waals surface area (Å²) >= 11 is 0. The highest BCUT2D eigenvalue weighted by molar-refractivity contribution is 5.63. The van der Waals surface area contributed by atoms with E-state index in [-0.39, 0.29) is 5.54 Å². The summed E-state index contributed by atoms with van der Waals surface area (Å²) < 4.78 is 0. The van der Waals surface area contributed by atoms with Crippen LogP contribution in [-0.2, 0) is 5.54 Å². The zero-order chi connectivity index (χ0) is 15.2. The van der Waals surface area contributed by atoms with Crippen LogP contribution in [0.5, 0.6) is 0 Å². The summed E-state index contributed by atoms with van der Waals surface area (Å²) in [7, 11) is 0. The number of aryl methyl sites for hydroxylation is 1. The molecule has 4 rings (SSSR count). The summed E-state index contributed by atoms with van der Waals surface area (Å²) in [5.74, 6) is 0. The standard InChI is InChI=1S/C20H24N2/c1-15-8-4-5-9-19(15)22-16(2)17-10-13-21-14-18(17)20(22)11-6-3-7-12-20/h4-5,8-10,13-14,16H,3,6-7,11-12H2,1-2H3. The highest BCUT2D eigenvalue weighted by atomic mass is 15.3.